The van der Waals surface area contributed by atoms with Crippen molar-refractivity contribution in [2.45, 2.75) is 77.8 Å². The number of amides is 2. The van der Waals surface area contributed by atoms with Gasteiger partial charge in [0.15, 0.2) is 0 Å². The molecule has 2 heterocycles. The van der Waals surface area contributed by atoms with E-state index in [1.54, 1.807) is 6.92 Å². The molecule has 1 unspecified atom stereocenters. The number of fused-ring (bicyclic) bond motifs is 2. The number of hydrogen-bond acceptors (Lipinski definition) is 4. The van der Waals surface area contributed by atoms with Crippen LogP contribution in [0.4, 0.5) is 0 Å². The molecule has 6 heteroatoms. The van der Waals surface area contributed by atoms with Crippen LogP contribution in [0.15, 0.2) is 78.4 Å². The van der Waals surface area contributed by atoms with Gasteiger partial charge >= 0.3 is 0 Å². The van der Waals surface area contributed by atoms with Crippen molar-refractivity contribution < 1.29 is 14.3 Å². The van der Waals surface area contributed by atoms with E-state index in [2.05, 4.69) is 87.6 Å². The highest BCUT2D eigenvalue weighted by molar-refractivity contribution is 6.03. The Labute approximate surface area is 269 Å². The first-order valence-corrected chi connectivity index (χ1v) is 16.4. The molecule has 1 N–H and O–H groups in total. The monoisotopic (exact) mass is 607 g/mol. The van der Waals surface area contributed by atoms with Crippen molar-refractivity contribution in [2.75, 3.05) is 33.3 Å². The molecule has 2 amide bonds. The van der Waals surface area contributed by atoms with Crippen molar-refractivity contribution in [2.24, 2.45) is 0 Å². The number of hydrogen-bond donors (Lipinski definition) is 1. The molecular weight excluding hydrogens is 558 g/mol. The van der Waals surface area contributed by atoms with E-state index in [0.29, 0.717) is 32.7 Å². The van der Waals surface area contributed by atoms with Gasteiger partial charge in [-0.05, 0) is 71.9 Å². The summed E-state index contributed by atoms with van der Waals surface area (Å²) >= 11 is 0. The first kappa shape index (κ1) is 32.5. The normalized spacial score (nSPS) is 18.1. The van der Waals surface area contributed by atoms with Crippen molar-refractivity contribution in [3.63, 3.8) is 0 Å². The van der Waals surface area contributed by atoms with E-state index in [4.69, 9.17) is 4.74 Å². The lowest BCUT2D eigenvalue weighted by atomic mass is 9.82. The maximum absolute atomic E-state index is 14.1. The fourth-order valence-corrected chi connectivity index (χ4v) is 6.56. The van der Waals surface area contributed by atoms with Gasteiger partial charge in [-0.2, -0.15) is 0 Å². The molecule has 0 aliphatic carbocycles. The van der Waals surface area contributed by atoms with E-state index >= 15 is 0 Å². The summed E-state index contributed by atoms with van der Waals surface area (Å²) in [5.74, 6) is 1.07. The number of piperazine rings is 1. The Kier molecular flexibility index (Phi) is 10.1. The lowest BCUT2D eigenvalue weighted by molar-refractivity contribution is -0.132. The zero-order valence-electron chi connectivity index (χ0n) is 27.9. The van der Waals surface area contributed by atoms with Crippen LogP contribution >= 0.6 is 0 Å². The molecular formula is C39H49N3O3. The zero-order chi connectivity index (χ0) is 32.1. The first-order valence-electron chi connectivity index (χ1n) is 16.4. The van der Waals surface area contributed by atoms with E-state index in [0.717, 1.165) is 41.7 Å². The minimum Gasteiger partial charge on any atom is -0.493 e. The summed E-state index contributed by atoms with van der Waals surface area (Å²) in [7, 11) is 1.89. The number of nitrogens with zero attached hydrogens (tertiary/aromatic N) is 2. The van der Waals surface area contributed by atoms with Gasteiger partial charge < -0.3 is 19.9 Å². The third-order valence-electron chi connectivity index (χ3n) is 9.12. The van der Waals surface area contributed by atoms with E-state index in [9.17, 15) is 9.59 Å². The van der Waals surface area contributed by atoms with Crippen LogP contribution in [0.25, 0.3) is 5.57 Å². The molecule has 6 nitrogen and oxygen atoms in total. The summed E-state index contributed by atoms with van der Waals surface area (Å²) in [5, 5.41) is 3.66. The third kappa shape index (κ3) is 8.04. The second-order valence-corrected chi connectivity index (χ2v) is 13.8. The van der Waals surface area contributed by atoms with Gasteiger partial charge in [0.05, 0.1) is 12.6 Å². The largest absolute Gasteiger partial charge is 0.493 e. The molecule has 2 aliphatic heterocycles. The maximum atomic E-state index is 14.1. The predicted octanol–water partition coefficient (Wildman–Crippen LogP) is 6.35. The van der Waals surface area contributed by atoms with Crippen molar-refractivity contribution in [3.05, 3.63) is 106 Å². The van der Waals surface area contributed by atoms with Gasteiger partial charge in [-0.15, -0.1) is 0 Å². The average Bonchev–Trinajstić information content (AvgIpc) is 3.02. The SMILES string of the molecule is CC(=O)N1CC2CC(c3ccc(CCCOc4ccc(C)cc4C(C)(C)C)cc3)=C(C(=O)N(C)CCc3ccccc3)[C@@H](C1)N2. The Bertz CT molecular complexity index is 1520. The molecule has 5 rings (SSSR count). The summed E-state index contributed by atoms with van der Waals surface area (Å²) in [4.78, 5) is 30.1. The maximum Gasteiger partial charge on any atom is 0.251 e. The molecule has 0 aromatic heterocycles. The minimum atomic E-state index is -0.181. The molecule has 238 valence electrons. The second-order valence-electron chi connectivity index (χ2n) is 13.8. The lowest BCUT2D eigenvalue weighted by Crippen LogP contribution is -2.61. The van der Waals surface area contributed by atoms with Crippen LogP contribution in [-0.2, 0) is 27.8 Å². The quantitative estimate of drug-likeness (QED) is 0.273. The molecule has 2 aliphatic rings. The van der Waals surface area contributed by atoms with E-state index in [1.807, 2.05) is 35.0 Å². The van der Waals surface area contributed by atoms with Gasteiger partial charge in [-0.3, -0.25) is 9.59 Å². The van der Waals surface area contributed by atoms with Crippen molar-refractivity contribution in [1.29, 1.82) is 0 Å². The van der Waals surface area contributed by atoms with Crippen LogP contribution in [0.1, 0.15) is 68.4 Å². The average molecular weight is 608 g/mol. The number of ether oxygens (including phenoxy) is 1. The molecule has 3 aromatic carbocycles. The number of carbonyl (C=O) groups excluding carboxylic acids is 2. The van der Waals surface area contributed by atoms with Gasteiger partial charge in [-0.25, -0.2) is 0 Å². The van der Waals surface area contributed by atoms with E-state index in [1.165, 1.54) is 22.3 Å². The van der Waals surface area contributed by atoms with Gasteiger partial charge in [-0.1, -0.05) is 93.1 Å². The van der Waals surface area contributed by atoms with Crippen molar-refractivity contribution >= 4 is 17.4 Å². The van der Waals surface area contributed by atoms with Gasteiger partial charge in [0.1, 0.15) is 5.75 Å². The molecule has 0 spiro atoms. The summed E-state index contributed by atoms with van der Waals surface area (Å²) in [6.45, 7) is 12.9. The number of rotatable bonds is 10. The van der Waals surface area contributed by atoms with Crippen LogP contribution in [0.2, 0.25) is 0 Å². The molecule has 45 heavy (non-hydrogen) atoms. The zero-order valence-corrected chi connectivity index (χ0v) is 27.9. The molecule has 1 saturated heterocycles. The fraction of sp³-hybridized carbons (Fsp3) is 0.436. The Morgan fingerprint density at radius 3 is 2.36 bits per heavy atom. The summed E-state index contributed by atoms with van der Waals surface area (Å²) in [6.07, 6.45) is 3.36. The van der Waals surface area contributed by atoms with Crippen molar-refractivity contribution in [3.8, 4) is 5.75 Å². The molecule has 2 bridgehead atoms. The lowest BCUT2D eigenvalue weighted by Gasteiger charge is -2.44. The number of likely N-dealkylation sites (N-methyl/N-ethyl adjacent to an activating group) is 1. The van der Waals surface area contributed by atoms with Crippen LogP contribution in [0.5, 0.6) is 5.75 Å². The highest BCUT2D eigenvalue weighted by Crippen LogP contribution is 2.35. The highest BCUT2D eigenvalue weighted by Gasteiger charge is 2.39. The standard InChI is InChI=1S/C39H49N3O3/c1-27-14-19-36(34(23-27)39(3,4)5)45-22-10-13-30-15-17-31(18-16-30)33-24-32-25-42(28(2)43)26-35(40-32)37(33)38(44)41(6)21-20-29-11-8-7-9-12-29/h7-9,11-12,14-19,23,32,35,40H,10,13,20-22,24-26H2,1-6H3/t32?,35-/m1/s1. The predicted molar refractivity (Wildman–Crippen MR) is 182 cm³/mol. The van der Waals surface area contributed by atoms with Gasteiger partial charge in [0.25, 0.3) is 5.91 Å². The summed E-state index contributed by atoms with van der Waals surface area (Å²) in [6, 6.07) is 25.4. The summed E-state index contributed by atoms with van der Waals surface area (Å²) in [5.41, 5.74) is 7.98. The number of benzene rings is 3. The number of carbonyl (C=O) groups is 2. The van der Waals surface area contributed by atoms with Crippen LogP contribution in [0, 0.1) is 6.92 Å². The van der Waals surface area contributed by atoms with Gasteiger partial charge in [0, 0.05) is 45.2 Å². The van der Waals surface area contributed by atoms with Gasteiger partial charge in [0.2, 0.25) is 5.91 Å². The fourth-order valence-electron chi connectivity index (χ4n) is 6.56. The highest BCUT2D eigenvalue weighted by atomic mass is 16.5. The molecule has 1 fully saturated rings. The van der Waals surface area contributed by atoms with Crippen LogP contribution in [-0.4, -0.2) is 67.0 Å². The topological polar surface area (TPSA) is 61.9 Å². The Hall–Kier alpha value is -3.90. The Morgan fingerprint density at radius 1 is 0.956 bits per heavy atom. The smallest absolute Gasteiger partial charge is 0.251 e. The van der Waals surface area contributed by atoms with Crippen molar-refractivity contribution in [1.82, 2.24) is 15.1 Å². The molecule has 2 atom stereocenters. The first-order chi connectivity index (χ1) is 21.5. The molecule has 3 aromatic rings. The second kappa shape index (κ2) is 14.0. The van der Waals surface area contributed by atoms with Crippen LogP contribution < -0.4 is 10.1 Å². The van der Waals surface area contributed by atoms with Crippen LogP contribution in [0.3, 0.4) is 0 Å². The Balaban J connectivity index is 1.29. The van der Waals surface area contributed by atoms with E-state index in [-0.39, 0.29) is 29.3 Å². The number of aryl methyl sites for hydroxylation is 2. The van der Waals surface area contributed by atoms with E-state index < -0.39 is 0 Å². The molecule has 0 saturated carbocycles. The summed E-state index contributed by atoms with van der Waals surface area (Å²) < 4.78 is 6.25. The Morgan fingerprint density at radius 2 is 1.67 bits per heavy atom. The molecule has 0 radical (unpaired) electrons. The minimum absolute atomic E-state index is 0.0281. The number of nitrogens with one attached hydrogen (secondary N) is 1. The third-order valence-corrected chi connectivity index (χ3v) is 9.12.